The minimum absolute atomic E-state index is 0.198. The maximum Gasteiger partial charge on any atom is 0.387 e. The Morgan fingerprint density at radius 1 is 0.719 bits per heavy atom. The zero-order chi connectivity index (χ0) is 22.6. The fourth-order valence-corrected chi connectivity index (χ4v) is 5.13. The molecule has 176 valence electrons. The molecule has 1 fully saturated rings. The van der Waals surface area contributed by atoms with Crippen LogP contribution in [0, 0.1) is 5.92 Å². The summed E-state index contributed by atoms with van der Waals surface area (Å²) in [6, 6.07) is 15.7. The molecule has 1 aliphatic carbocycles. The highest BCUT2D eigenvalue weighted by atomic mass is 19.3. The smallest absolute Gasteiger partial charge is 0.387 e. The molecule has 3 rings (SSSR count). The van der Waals surface area contributed by atoms with Crippen LogP contribution in [0.3, 0.4) is 0 Å². The van der Waals surface area contributed by atoms with Crippen molar-refractivity contribution in [2.75, 3.05) is 0 Å². The number of ether oxygens (including phenoxy) is 1. The lowest BCUT2D eigenvalue weighted by molar-refractivity contribution is -0.0498. The Hall–Kier alpha value is -1.90. The van der Waals surface area contributed by atoms with Gasteiger partial charge in [-0.25, -0.2) is 0 Å². The first-order chi connectivity index (χ1) is 15.7. The van der Waals surface area contributed by atoms with Crippen molar-refractivity contribution in [1.29, 1.82) is 0 Å². The van der Waals surface area contributed by atoms with Gasteiger partial charge in [-0.3, -0.25) is 0 Å². The monoisotopic (exact) mass is 442 g/mol. The van der Waals surface area contributed by atoms with E-state index in [0.717, 1.165) is 17.0 Å². The summed E-state index contributed by atoms with van der Waals surface area (Å²) in [5.41, 5.74) is 3.57. The van der Waals surface area contributed by atoms with Crippen LogP contribution >= 0.6 is 0 Å². The molecule has 3 heteroatoms. The normalized spacial score (nSPS) is 18.8. The highest BCUT2D eigenvalue weighted by Gasteiger charge is 2.22. The Balaban J connectivity index is 1.37. The SMILES string of the molecule is CCCCCCCCCCC1CCC(c2ccc(-c3ccc(OC(F)F)cc3)cc2)CC1. The average molecular weight is 443 g/mol. The first-order valence-electron chi connectivity index (χ1n) is 12.8. The lowest BCUT2D eigenvalue weighted by Gasteiger charge is -2.29. The molecule has 0 atom stereocenters. The zero-order valence-corrected chi connectivity index (χ0v) is 19.7. The molecule has 0 saturated heterocycles. The van der Waals surface area contributed by atoms with Gasteiger partial charge >= 0.3 is 6.61 Å². The Labute approximate surface area is 193 Å². The van der Waals surface area contributed by atoms with E-state index in [-0.39, 0.29) is 5.75 Å². The summed E-state index contributed by atoms with van der Waals surface area (Å²) in [6.07, 6.45) is 18.0. The van der Waals surface area contributed by atoms with Crippen molar-refractivity contribution in [1.82, 2.24) is 0 Å². The molecule has 2 aromatic carbocycles. The van der Waals surface area contributed by atoms with Crippen LogP contribution < -0.4 is 4.74 Å². The Morgan fingerprint density at radius 3 is 1.81 bits per heavy atom. The predicted octanol–water partition coefficient (Wildman–Crippen LogP) is 9.76. The topological polar surface area (TPSA) is 9.23 Å². The molecular weight excluding hydrogens is 402 g/mol. The summed E-state index contributed by atoms with van der Waals surface area (Å²) in [5.74, 6) is 1.81. The van der Waals surface area contributed by atoms with Crippen LogP contribution in [0.15, 0.2) is 48.5 Å². The standard InChI is InChI=1S/C29H40F2O/c1-2-3-4-5-6-7-8-9-10-23-11-13-24(14-12-23)25-15-17-26(18-16-25)27-19-21-28(22-20-27)32-29(30)31/h15-24,29H,2-14H2,1H3. The van der Waals surface area contributed by atoms with Gasteiger partial charge in [0, 0.05) is 0 Å². The van der Waals surface area contributed by atoms with Crippen molar-refractivity contribution in [2.45, 2.75) is 103 Å². The second-order valence-corrected chi connectivity index (χ2v) is 9.51. The van der Waals surface area contributed by atoms with E-state index < -0.39 is 6.61 Å². The summed E-state index contributed by atoms with van der Waals surface area (Å²) in [6.45, 7) is -0.502. The largest absolute Gasteiger partial charge is 0.435 e. The van der Waals surface area contributed by atoms with E-state index >= 15 is 0 Å². The lowest BCUT2D eigenvalue weighted by Crippen LogP contribution is -2.13. The van der Waals surface area contributed by atoms with Crippen LogP contribution in [-0.2, 0) is 0 Å². The highest BCUT2D eigenvalue weighted by molar-refractivity contribution is 5.64. The molecular formula is C29H40F2O. The molecule has 0 heterocycles. The molecule has 1 nitrogen and oxygen atoms in total. The highest BCUT2D eigenvalue weighted by Crippen LogP contribution is 2.38. The van der Waals surface area contributed by atoms with Gasteiger partial charge in [-0.05, 0) is 66.3 Å². The van der Waals surface area contributed by atoms with E-state index in [1.807, 2.05) is 12.1 Å². The molecule has 0 radical (unpaired) electrons. The van der Waals surface area contributed by atoms with Gasteiger partial charge in [0.05, 0.1) is 0 Å². The zero-order valence-electron chi connectivity index (χ0n) is 19.7. The molecule has 0 bridgehead atoms. The van der Waals surface area contributed by atoms with Crippen LogP contribution in [-0.4, -0.2) is 6.61 Å². The summed E-state index contributed by atoms with van der Waals surface area (Å²) in [4.78, 5) is 0. The number of hydrogen-bond acceptors (Lipinski definition) is 1. The van der Waals surface area contributed by atoms with Gasteiger partial charge in [0.15, 0.2) is 0 Å². The third kappa shape index (κ3) is 8.22. The van der Waals surface area contributed by atoms with Gasteiger partial charge in [0.25, 0.3) is 0 Å². The third-order valence-electron chi connectivity index (χ3n) is 7.11. The van der Waals surface area contributed by atoms with Crippen LogP contribution in [0.4, 0.5) is 8.78 Å². The Morgan fingerprint density at radius 2 is 1.25 bits per heavy atom. The minimum Gasteiger partial charge on any atom is -0.435 e. The van der Waals surface area contributed by atoms with Crippen molar-refractivity contribution in [3.63, 3.8) is 0 Å². The molecule has 1 aliphatic rings. The van der Waals surface area contributed by atoms with Crippen molar-refractivity contribution < 1.29 is 13.5 Å². The van der Waals surface area contributed by atoms with E-state index in [1.54, 1.807) is 12.1 Å². The number of hydrogen-bond donors (Lipinski definition) is 0. The molecule has 32 heavy (non-hydrogen) atoms. The van der Waals surface area contributed by atoms with Crippen molar-refractivity contribution in [3.8, 4) is 16.9 Å². The summed E-state index contributed by atoms with van der Waals surface area (Å²) < 4.78 is 29.0. The second kappa shape index (κ2) is 13.6. The van der Waals surface area contributed by atoms with Gasteiger partial charge in [0.1, 0.15) is 5.75 Å². The van der Waals surface area contributed by atoms with E-state index in [0.29, 0.717) is 5.92 Å². The molecule has 0 amide bonds. The van der Waals surface area contributed by atoms with Crippen molar-refractivity contribution >= 4 is 0 Å². The van der Waals surface area contributed by atoms with Gasteiger partial charge in [-0.15, -0.1) is 0 Å². The maximum absolute atomic E-state index is 12.3. The van der Waals surface area contributed by atoms with E-state index in [4.69, 9.17) is 0 Å². The van der Waals surface area contributed by atoms with Gasteiger partial charge < -0.3 is 4.74 Å². The predicted molar refractivity (Wildman–Crippen MR) is 130 cm³/mol. The number of benzene rings is 2. The number of rotatable bonds is 13. The molecule has 0 aliphatic heterocycles. The van der Waals surface area contributed by atoms with E-state index in [2.05, 4.69) is 35.9 Å². The lowest BCUT2D eigenvalue weighted by atomic mass is 9.77. The first kappa shape index (κ1) is 24.7. The average Bonchev–Trinajstić information content (AvgIpc) is 2.81. The van der Waals surface area contributed by atoms with Gasteiger partial charge in [-0.2, -0.15) is 8.78 Å². The first-order valence-corrected chi connectivity index (χ1v) is 12.8. The molecule has 0 aromatic heterocycles. The molecule has 0 spiro atoms. The second-order valence-electron chi connectivity index (χ2n) is 9.51. The molecule has 0 N–H and O–H groups in total. The molecule has 2 aromatic rings. The number of alkyl halides is 2. The van der Waals surface area contributed by atoms with E-state index in [1.165, 1.54) is 89.0 Å². The number of unbranched alkanes of at least 4 members (excludes halogenated alkanes) is 7. The minimum atomic E-state index is -2.78. The molecule has 0 unspecified atom stereocenters. The van der Waals surface area contributed by atoms with Crippen LogP contribution in [0.2, 0.25) is 0 Å². The number of halogens is 2. The van der Waals surface area contributed by atoms with Crippen LogP contribution in [0.1, 0.15) is 102 Å². The van der Waals surface area contributed by atoms with Crippen LogP contribution in [0.5, 0.6) is 5.75 Å². The van der Waals surface area contributed by atoms with Gasteiger partial charge in [0.2, 0.25) is 0 Å². The summed E-state index contributed by atoms with van der Waals surface area (Å²) in [7, 11) is 0. The van der Waals surface area contributed by atoms with E-state index in [9.17, 15) is 8.78 Å². The Bertz CT molecular complexity index is 746. The maximum atomic E-state index is 12.3. The van der Waals surface area contributed by atoms with Gasteiger partial charge in [-0.1, -0.05) is 101 Å². The Kier molecular flexibility index (Phi) is 10.5. The summed E-state index contributed by atoms with van der Waals surface area (Å²) >= 11 is 0. The fraction of sp³-hybridized carbons (Fsp3) is 0.586. The third-order valence-corrected chi connectivity index (χ3v) is 7.11. The van der Waals surface area contributed by atoms with Crippen molar-refractivity contribution in [3.05, 3.63) is 54.1 Å². The molecule has 1 saturated carbocycles. The summed E-state index contributed by atoms with van der Waals surface area (Å²) in [5, 5.41) is 0. The van der Waals surface area contributed by atoms with Crippen LogP contribution in [0.25, 0.3) is 11.1 Å². The van der Waals surface area contributed by atoms with Crippen molar-refractivity contribution in [2.24, 2.45) is 5.92 Å². The fourth-order valence-electron chi connectivity index (χ4n) is 5.13. The quantitative estimate of drug-likeness (QED) is 0.280.